The van der Waals surface area contributed by atoms with Crippen LogP contribution in [-0.4, -0.2) is 36.3 Å². The number of hydrogen-bond donors (Lipinski definition) is 3. The molecule has 1 aromatic rings. The number of ether oxygens (including phenoxy) is 1. The second-order valence-electron chi connectivity index (χ2n) is 3.39. The second-order valence-corrected chi connectivity index (χ2v) is 3.39. The van der Waals surface area contributed by atoms with E-state index in [0.717, 1.165) is 0 Å². The van der Waals surface area contributed by atoms with Crippen molar-refractivity contribution in [2.24, 2.45) is 0 Å². The molecular weight excluding hydrogens is 206 g/mol. The van der Waals surface area contributed by atoms with Gasteiger partial charge in [0.1, 0.15) is 11.6 Å². The predicted octanol–water partition coefficient (Wildman–Crippen LogP) is 0.937. The minimum atomic E-state index is 0.138. The maximum Gasteiger partial charge on any atom is 0.223 e. The third-order valence-corrected chi connectivity index (χ3v) is 2.02. The molecule has 0 aliphatic carbocycles. The lowest BCUT2D eigenvalue weighted by Gasteiger charge is -2.13. The van der Waals surface area contributed by atoms with Gasteiger partial charge in [0.2, 0.25) is 5.95 Å². The molecule has 1 atom stereocenters. The Labute approximate surface area is 95.6 Å². The van der Waals surface area contributed by atoms with Gasteiger partial charge in [-0.15, -0.1) is 0 Å². The molecule has 0 aliphatic rings. The van der Waals surface area contributed by atoms with Crippen molar-refractivity contribution in [1.29, 1.82) is 0 Å². The number of aromatic nitrogens is 2. The molecule has 1 heterocycles. The van der Waals surface area contributed by atoms with Crippen LogP contribution in [0.4, 0.5) is 17.6 Å². The molecule has 1 aromatic heterocycles. The van der Waals surface area contributed by atoms with E-state index < -0.39 is 0 Å². The van der Waals surface area contributed by atoms with Crippen molar-refractivity contribution >= 4 is 17.6 Å². The Hall–Kier alpha value is -1.56. The number of nitrogen functional groups attached to an aromatic ring is 1. The van der Waals surface area contributed by atoms with Crippen LogP contribution in [0.5, 0.6) is 0 Å². The first-order chi connectivity index (χ1) is 7.65. The highest BCUT2D eigenvalue weighted by Crippen LogP contribution is 2.11. The Morgan fingerprint density at radius 1 is 1.44 bits per heavy atom. The van der Waals surface area contributed by atoms with E-state index in [2.05, 4.69) is 20.6 Å². The van der Waals surface area contributed by atoms with E-state index in [9.17, 15) is 0 Å². The van der Waals surface area contributed by atoms with Gasteiger partial charge in [0.05, 0.1) is 6.10 Å². The Balaban J connectivity index is 2.56. The smallest absolute Gasteiger partial charge is 0.223 e. The van der Waals surface area contributed by atoms with E-state index >= 15 is 0 Å². The standard InChI is InChI=1S/C10H19N5O/c1-4-16-7(2)6-13-9-5-8(12-3)14-10(11)15-9/h5,7H,4,6H2,1-3H3,(H4,11,12,13,14,15). The van der Waals surface area contributed by atoms with E-state index in [1.54, 1.807) is 13.1 Å². The van der Waals surface area contributed by atoms with Gasteiger partial charge in [-0.05, 0) is 13.8 Å². The van der Waals surface area contributed by atoms with E-state index in [1.807, 2.05) is 13.8 Å². The molecule has 0 aromatic carbocycles. The minimum Gasteiger partial charge on any atom is -0.377 e. The van der Waals surface area contributed by atoms with Crippen LogP contribution in [0.15, 0.2) is 6.07 Å². The van der Waals surface area contributed by atoms with E-state index in [-0.39, 0.29) is 12.1 Å². The third-order valence-electron chi connectivity index (χ3n) is 2.02. The Morgan fingerprint density at radius 3 is 2.75 bits per heavy atom. The van der Waals surface area contributed by atoms with Crippen molar-refractivity contribution in [3.8, 4) is 0 Å². The summed E-state index contributed by atoms with van der Waals surface area (Å²) < 4.78 is 5.40. The summed E-state index contributed by atoms with van der Waals surface area (Å²) in [6, 6.07) is 1.80. The number of rotatable bonds is 6. The topological polar surface area (TPSA) is 85.1 Å². The summed E-state index contributed by atoms with van der Waals surface area (Å²) >= 11 is 0. The number of hydrogen-bond acceptors (Lipinski definition) is 6. The summed E-state index contributed by atoms with van der Waals surface area (Å²) in [5, 5.41) is 6.07. The molecule has 4 N–H and O–H groups in total. The average Bonchev–Trinajstić information content (AvgIpc) is 2.26. The molecule has 0 amide bonds. The lowest BCUT2D eigenvalue weighted by Crippen LogP contribution is -2.20. The minimum absolute atomic E-state index is 0.138. The van der Waals surface area contributed by atoms with Crippen molar-refractivity contribution in [2.75, 3.05) is 36.6 Å². The zero-order valence-electron chi connectivity index (χ0n) is 9.95. The van der Waals surface area contributed by atoms with Crippen LogP contribution in [0.2, 0.25) is 0 Å². The molecule has 1 unspecified atom stereocenters. The third kappa shape index (κ3) is 3.90. The van der Waals surface area contributed by atoms with Crippen molar-refractivity contribution in [3.63, 3.8) is 0 Å². The zero-order valence-corrected chi connectivity index (χ0v) is 9.95. The Bertz CT molecular complexity index is 331. The predicted molar refractivity (Wildman–Crippen MR) is 65.6 cm³/mol. The molecule has 16 heavy (non-hydrogen) atoms. The maximum absolute atomic E-state index is 5.57. The van der Waals surface area contributed by atoms with Crippen LogP contribution >= 0.6 is 0 Å². The van der Waals surface area contributed by atoms with Gasteiger partial charge in [-0.25, -0.2) is 0 Å². The van der Waals surface area contributed by atoms with E-state index in [4.69, 9.17) is 10.5 Å². The lowest BCUT2D eigenvalue weighted by molar-refractivity contribution is 0.0855. The summed E-state index contributed by atoms with van der Waals surface area (Å²) in [4.78, 5) is 8.07. The fourth-order valence-electron chi connectivity index (χ4n) is 1.28. The van der Waals surface area contributed by atoms with Crippen LogP contribution in [0.1, 0.15) is 13.8 Å². The molecule has 90 valence electrons. The van der Waals surface area contributed by atoms with Gasteiger partial charge in [-0.2, -0.15) is 9.97 Å². The molecule has 0 bridgehead atoms. The van der Waals surface area contributed by atoms with Gasteiger partial charge in [0.15, 0.2) is 0 Å². The van der Waals surface area contributed by atoms with Crippen LogP contribution < -0.4 is 16.4 Å². The van der Waals surface area contributed by atoms with Gasteiger partial charge < -0.3 is 21.1 Å². The van der Waals surface area contributed by atoms with Crippen molar-refractivity contribution in [2.45, 2.75) is 20.0 Å². The van der Waals surface area contributed by atoms with Gasteiger partial charge in [0, 0.05) is 26.3 Å². The number of nitrogens with one attached hydrogen (secondary N) is 2. The summed E-state index contributed by atoms with van der Waals surface area (Å²) in [7, 11) is 1.79. The van der Waals surface area contributed by atoms with E-state index in [1.165, 1.54) is 0 Å². The number of nitrogens with zero attached hydrogens (tertiary/aromatic N) is 2. The van der Waals surface area contributed by atoms with Crippen LogP contribution in [0.3, 0.4) is 0 Å². The molecule has 0 aliphatic heterocycles. The van der Waals surface area contributed by atoms with Crippen molar-refractivity contribution in [1.82, 2.24) is 9.97 Å². The normalized spacial score (nSPS) is 12.2. The van der Waals surface area contributed by atoms with Gasteiger partial charge in [-0.3, -0.25) is 0 Å². The van der Waals surface area contributed by atoms with Crippen LogP contribution in [0.25, 0.3) is 0 Å². The molecule has 0 saturated heterocycles. The molecule has 6 nitrogen and oxygen atoms in total. The summed E-state index contributed by atoms with van der Waals surface area (Å²) in [5.41, 5.74) is 5.57. The van der Waals surface area contributed by atoms with Gasteiger partial charge in [-0.1, -0.05) is 0 Å². The van der Waals surface area contributed by atoms with Gasteiger partial charge >= 0.3 is 0 Å². The second kappa shape index (κ2) is 6.12. The monoisotopic (exact) mass is 225 g/mol. The zero-order chi connectivity index (χ0) is 12.0. The fraction of sp³-hybridized carbons (Fsp3) is 0.600. The molecule has 6 heteroatoms. The first-order valence-corrected chi connectivity index (χ1v) is 5.33. The molecule has 0 fully saturated rings. The quantitative estimate of drug-likeness (QED) is 0.668. The maximum atomic E-state index is 5.57. The number of anilines is 3. The highest BCUT2D eigenvalue weighted by Gasteiger charge is 2.03. The summed E-state index contributed by atoms with van der Waals surface area (Å²) in [6.45, 7) is 5.36. The molecule has 0 saturated carbocycles. The SMILES string of the molecule is CCOC(C)CNc1cc(NC)nc(N)n1. The molecular formula is C10H19N5O. The lowest BCUT2D eigenvalue weighted by atomic mass is 10.4. The number of nitrogens with two attached hydrogens (primary N) is 1. The summed E-state index contributed by atoms with van der Waals surface area (Å²) in [6.07, 6.45) is 0.138. The summed E-state index contributed by atoms with van der Waals surface area (Å²) in [5.74, 6) is 1.64. The highest BCUT2D eigenvalue weighted by molar-refractivity contribution is 5.50. The first-order valence-electron chi connectivity index (χ1n) is 5.33. The van der Waals surface area contributed by atoms with E-state index in [0.29, 0.717) is 24.8 Å². The molecule has 0 radical (unpaired) electrons. The highest BCUT2D eigenvalue weighted by atomic mass is 16.5. The largest absolute Gasteiger partial charge is 0.377 e. The van der Waals surface area contributed by atoms with Crippen molar-refractivity contribution < 1.29 is 4.74 Å². The van der Waals surface area contributed by atoms with Gasteiger partial charge in [0.25, 0.3) is 0 Å². The Kier molecular flexibility index (Phi) is 4.78. The molecule has 1 rings (SSSR count). The van der Waals surface area contributed by atoms with Crippen LogP contribution in [0, 0.1) is 0 Å². The van der Waals surface area contributed by atoms with Crippen LogP contribution in [-0.2, 0) is 4.74 Å². The fourth-order valence-corrected chi connectivity index (χ4v) is 1.28. The van der Waals surface area contributed by atoms with Crippen molar-refractivity contribution in [3.05, 3.63) is 6.07 Å². The Morgan fingerprint density at radius 2 is 2.12 bits per heavy atom. The average molecular weight is 225 g/mol. The molecule has 0 spiro atoms. The first kappa shape index (κ1) is 12.5.